The first-order valence-corrected chi connectivity index (χ1v) is 8.94. The summed E-state index contributed by atoms with van der Waals surface area (Å²) >= 11 is 1.44. The maximum absolute atomic E-state index is 12.3. The highest BCUT2D eigenvalue weighted by Crippen LogP contribution is 2.17. The Morgan fingerprint density at radius 2 is 2.19 bits per heavy atom. The van der Waals surface area contributed by atoms with Gasteiger partial charge in [-0.25, -0.2) is 8.42 Å². The van der Waals surface area contributed by atoms with Gasteiger partial charge in [0.2, 0.25) is 10.0 Å². The fourth-order valence-corrected chi connectivity index (χ4v) is 3.64. The lowest BCUT2D eigenvalue weighted by Crippen LogP contribution is -2.41. The van der Waals surface area contributed by atoms with Gasteiger partial charge in [0.1, 0.15) is 6.04 Å². The molecular formula is C13H16N2O4S2. The molecule has 1 aromatic carbocycles. The number of rotatable bonds is 7. The lowest BCUT2D eigenvalue weighted by atomic mass is 10.2. The number of carbonyl (C=O) groups is 1. The molecule has 0 aliphatic carbocycles. The number of nitrogens with one attached hydrogen (secondary N) is 1. The lowest BCUT2D eigenvalue weighted by Gasteiger charge is -2.15. The molecule has 0 saturated heterocycles. The van der Waals surface area contributed by atoms with Crippen LogP contribution in [0.15, 0.2) is 23.1 Å². The molecule has 1 unspecified atom stereocenters. The van der Waals surface area contributed by atoms with Crippen molar-refractivity contribution in [2.75, 3.05) is 12.0 Å². The van der Waals surface area contributed by atoms with Crippen LogP contribution in [0.3, 0.4) is 0 Å². The van der Waals surface area contributed by atoms with E-state index >= 15 is 0 Å². The maximum atomic E-state index is 12.3. The summed E-state index contributed by atoms with van der Waals surface area (Å²) < 4.78 is 26.8. The van der Waals surface area contributed by atoms with Crippen molar-refractivity contribution in [3.05, 3.63) is 29.3 Å². The molecule has 114 valence electrons. The molecule has 6 nitrogen and oxygen atoms in total. The molecule has 0 saturated carbocycles. The Balaban J connectivity index is 3.10. The van der Waals surface area contributed by atoms with E-state index in [1.165, 1.54) is 30.0 Å². The topological polar surface area (TPSA) is 107 Å². The van der Waals surface area contributed by atoms with E-state index in [9.17, 15) is 13.2 Å². The molecule has 0 aliphatic rings. The molecule has 21 heavy (non-hydrogen) atoms. The van der Waals surface area contributed by atoms with Crippen LogP contribution in [0.4, 0.5) is 0 Å². The standard InChI is InChI=1S/C13H16N2O4S2/c1-9-3-4-10(8-14)7-12(9)21(18,19)15-11(13(16)17)5-6-20-2/h3-4,7,11,15H,5-6H2,1-2H3,(H,16,17). The highest BCUT2D eigenvalue weighted by atomic mass is 32.2. The fourth-order valence-electron chi connectivity index (χ4n) is 1.68. The predicted octanol–water partition coefficient (Wildman–Crippen LogP) is 1.35. The summed E-state index contributed by atoms with van der Waals surface area (Å²) in [6.07, 6.45) is 2.00. The summed E-state index contributed by atoms with van der Waals surface area (Å²) in [6.45, 7) is 1.59. The Bertz CT molecular complexity index is 665. The summed E-state index contributed by atoms with van der Waals surface area (Å²) in [6, 6.07) is 4.95. The van der Waals surface area contributed by atoms with Gasteiger partial charge in [0.05, 0.1) is 16.5 Å². The number of hydrogen-bond acceptors (Lipinski definition) is 5. The van der Waals surface area contributed by atoms with Gasteiger partial charge in [0.25, 0.3) is 0 Å². The van der Waals surface area contributed by atoms with Gasteiger partial charge >= 0.3 is 5.97 Å². The van der Waals surface area contributed by atoms with Crippen molar-refractivity contribution in [3.63, 3.8) is 0 Å². The third kappa shape index (κ3) is 4.74. The van der Waals surface area contributed by atoms with Crippen LogP contribution in [0.1, 0.15) is 17.5 Å². The zero-order valence-electron chi connectivity index (χ0n) is 11.7. The maximum Gasteiger partial charge on any atom is 0.321 e. The molecule has 0 aliphatic heterocycles. The van der Waals surface area contributed by atoms with Crippen molar-refractivity contribution in [2.24, 2.45) is 0 Å². The zero-order chi connectivity index (χ0) is 16.0. The molecular weight excluding hydrogens is 312 g/mol. The van der Waals surface area contributed by atoms with E-state index in [-0.39, 0.29) is 16.9 Å². The molecule has 2 N–H and O–H groups in total. The van der Waals surface area contributed by atoms with Gasteiger partial charge in [-0.05, 0) is 43.0 Å². The minimum absolute atomic E-state index is 0.0723. The summed E-state index contributed by atoms with van der Waals surface area (Å²) in [5, 5.41) is 17.9. The number of thioether (sulfide) groups is 1. The Labute approximate surface area is 128 Å². The highest BCUT2D eigenvalue weighted by molar-refractivity contribution is 7.98. The number of nitrogens with zero attached hydrogens (tertiary/aromatic N) is 1. The van der Waals surface area contributed by atoms with Crippen molar-refractivity contribution in [3.8, 4) is 6.07 Å². The molecule has 0 amide bonds. The SMILES string of the molecule is CSCCC(NS(=O)(=O)c1cc(C#N)ccc1C)C(=O)O. The van der Waals surface area contributed by atoms with E-state index < -0.39 is 22.0 Å². The molecule has 0 spiro atoms. The van der Waals surface area contributed by atoms with E-state index in [0.29, 0.717) is 11.3 Å². The number of sulfonamides is 1. The summed E-state index contributed by atoms with van der Waals surface area (Å²) in [4.78, 5) is 11.1. The Hall–Kier alpha value is -1.56. The summed E-state index contributed by atoms with van der Waals surface area (Å²) in [5.41, 5.74) is 0.660. The van der Waals surface area contributed by atoms with E-state index in [0.717, 1.165) is 0 Å². The van der Waals surface area contributed by atoms with Gasteiger partial charge in [0, 0.05) is 0 Å². The first kappa shape index (κ1) is 17.5. The number of carboxylic acids is 1. The lowest BCUT2D eigenvalue weighted by molar-refractivity contribution is -0.139. The number of benzene rings is 1. The second kappa shape index (κ2) is 7.45. The van der Waals surface area contributed by atoms with Crippen LogP contribution in [0, 0.1) is 18.3 Å². The van der Waals surface area contributed by atoms with Crippen LogP contribution in [0.2, 0.25) is 0 Å². The molecule has 0 bridgehead atoms. The second-order valence-corrected chi connectivity index (χ2v) is 7.05. The zero-order valence-corrected chi connectivity index (χ0v) is 13.3. The van der Waals surface area contributed by atoms with Crippen LogP contribution in [-0.4, -0.2) is 37.5 Å². The molecule has 0 radical (unpaired) electrons. The van der Waals surface area contributed by atoms with Gasteiger partial charge < -0.3 is 5.11 Å². The number of carboxylic acid groups (broad SMARTS) is 1. The Kier molecular flexibility index (Phi) is 6.20. The van der Waals surface area contributed by atoms with Crippen molar-refractivity contribution in [1.29, 1.82) is 5.26 Å². The van der Waals surface area contributed by atoms with Crippen LogP contribution >= 0.6 is 11.8 Å². The van der Waals surface area contributed by atoms with Crippen molar-refractivity contribution in [1.82, 2.24) is 4.72 Å². The minimum atomic E-state index is -3.99. The molecule has 1 atom stereocenters. The smallest absolute Gasteiger partial charge is 0.321 e. The van der Waals surface area contributed by atoms with Gasteiger partial charge in [-0.1, -0.05) is 6.07 Å². The van der Waals surface area contributed by atoms with Crippen LogP contribution in [0.5, 0.6) is 0 Å². The molecule has 0 fully saturated rings. The monoisotopic (exact) mass is 328 g/mol. The van der Waals surface area contributed by atoms with Crippen LogP contribution in [0.25, 0.3) is 0 Å². The molecule has 1 rings (SSSR count). The number of nitriles is 1. The third-order valence-electron chi connectivity index (χ3n) is 2.81. The van der Waals surface area contributed by atoms with Crippen molar-refractivity contribution < 1.29 is 18.3 Å². The quantitative estimate of drug-likeness (QED) is 0.782. The van der Waals surface area contributed by atoms with Crippen molar-refractivity contribution in [2.45, 2.75) is 24.3 Å². The second-order valence-electron chi connectivity index (χ2n) is 4.39. The van der Waals surface area contributed by atoms with Crippen LogP contribution < -0.4 is 4.72 Å². The third-order valence-corrected chi connectivity index (χ3v) is 5.07. The van der Waals surface area contributed by atoms with Crippen molar-refractivity contribution >= 4 is 27.8 Å². The fraction of sp³-hybridized carbons (Fsp3) is 0.385. The van der Waals surface area contributed by atoms with E-state index in [4.69, 9.17) is 10.4 Å². The van der Waals surface area contributed by atoms with E-state index in [1.807, 2.05) is 12.3 Å². The van der Waals surface area contributed by atoms with E-state index in [1.54, 1.807) is 6.92 Å². The molecule has 0 heterocycles. The number of hydrogen-bond donors (Lipinski definition) is 2. The largest absolute Gasteiger partial charge is 0.480 e. The minimum Gasteiger partial charge on any atom is -0.480 e. The highest BCUT2D eigenvalue weighted by Gasteiger charge is 2.26. The van der Waals surface area contributed by atoms with Crippen LogP contribution in [-0.2, 0) is 14.8 Å². The summed E-state index contributed by atoms with van der Waals surface area (Å²) in [7, 11) is -3.99. The van der Waals surface area contributed by atoms with Gasteiger partial charge in [-0.2, -0.15) is 21.7 Å². The molecule has 0 aromatic heterocycles. The van der Waals surface area contributed by atoms with Gasteiger partial charge in [-0.3, -0.25) is 4.79 Å². The number of aryl methyl sites for hydroxylation is 1. The Morgan fingerprint density at radius 3 is 2.71 bits per heavy atom. The van der Waals surface area contributed by atoms with Gasteiger partial charge in [-0.15, -0.1) is 0 Å². The first-order chi connectivity index (χ1) is 9.81. The molecule has 1 aromatic rings. The predicted molar refractivity (Wildman–Crippen MR) is 80.6 cm³/mol. The van der Waals surface area contributed by atoms with Gasteiger partial charge in [0.15, 0.2) is 0 Å². The summed E-state index contributed by atoms with van der Waals surface area (Å²) in [5.74, 6) is -0.696. The Morgan fingerprint density at radius 1 is 1.52 bits per heavy atom. The normalized spacial score (nSPS) is 12.6. The average Bonchev–Trinajstić information content (AvgIpc) is 2.43. The average molecular weight is 328 g/mol. The molecule has 8 heteroatoms. The number of aliphatic carboxylic acids is 1. The van der Waals surface area contributed by atoms with E-state index in [2.05, 4.69) is 4.72 Å². The first-order valence-electron chi connectivity index (χ1n) is 6.06.